The fraction of sp³-hybridized carbons (Fsp3) is 0.588. The van der Waals surface area contributed by atoms with Crippen molar-refractivity contribution in [1.82, 2.24) is 4.90 Å². The number of methoxy groups -OCH3 is 3. The highest BCUT2D eigenvalue weighted by molar-refractivity contribution is 14.0. The van der Waals surface area contributed by atoms with Gasteiger partial charge in [0.2, 0.25) is 0 Å². The zero-order valence-corrected chi connectivity index (χ0v) is 17.0. The molecule has 7 heteroatoms. The molecular formula is C17H28IN3O3. The lowest BCUT2D eigenvalue weighted by Crippen LogP contribution is -2.41. The van der Waals surface area contributed by atoms with Crippen molar-refractivity contribution < 1.29 is 14.2 Å². The summed E-state index contributed by atoms with van der Waals surface area (Å²) in [5, 5.41) is 0. The summed E-state index contributed by atoms with van der Waals surface area (Å²) in [5.74, 6) is 2.83. The van der Waals surface area contributed by atoms with E-state index in [4.69, 9.17) is 19.9 Å². The van der Waals surface area contributed by atoms with Gasteiger partial charge in [0.25, 0.3) is 0 Å². The highest BCUT2D eigenvalue weighted by Gasteiger charge is 2.14. The van der Waals surface area contributed by atoms with E-state index >= 15 is 0 Å². The molecule has 0 aromatic heterocycles. The molecule has 0 bridgehead atoms. The average Bonchev–Trinajstić information content (AvgIpc) is 2.62. The number of aliphatic imine (C=N–C) groups is 1. The summed E-state index contributed by atoms with van der Waals surface area (Å²) in [7, 11) is 4.91. The van der Waals surface area contributed by atoms with Gasteiger partial charge in [-0.3, -0.25) is 4.99 Å². The number of piperidine rings is 1. The van der Waals surface area contributed by atoms with Crippen molar-refractivity contribution in [3.63, 3.8) is 0 Å². The standard InChI is InChI=1S/C17H27N3O3.HI/c1-21-13-11-15(22-2)14(16(12-13)23-3)7-8-19-17(18)20-9-5-4-6-10-20;/h11-12H,4-10H2,1-3H3,(H2,18,19);1H. The van der Waals surface area contributed by atoms with E-state index in [1.54, 1.807) is 21.3 Å². The Balaban J connectivity index is 0.00000288. The number of rotatable bonds is 6. The minimum Gasteiger partial charge on any atom is -0.496 e. The Morgan fingerprint density at radius 1 is 1.04 bits per heavy atom. The zero-order valence-electron chi connectivity index (χ0n) is 14.7. The van der Waals surface area contributed by atoms with Crippen LogP contribution in [0.4, 0.5) is 0 Å². The second kappa shape index (κ2) is 10.5. The molecule has 0 spiro atoms. The summed E-state index contributed by atoms with van der Waals surface area (Å²) in [6, 6.07) is 3.71. The lowest BCUT2D eigenvalue weighted by Gasteiger charge is -2.27. The summed E-state index contributed by atoms with van der Waals surface area (Å²) in [5.41, 5.74) is 7.07. The van der Waals surface area contributed by atoms with Gasteiger partial charge in [0.05, 0.1) is 21.3 Å². The van der Waals surface area contributed by atoms with Crippen LogP contribution >= 0.6 is 24.0 Å². The van der Waals surface area contributed by atoms with Crippen LogP contribution in [0.5, 0.6) is 17.2 Å². The van der Waals surface area contributed by atoms with Crippen LogP contribution in [0.1, 0.15) is 24.8 Å². The van der Waals surface area contributed by atoms with Gasteiger partial charge in [0.1, 0.15) is 17.2 Å². The number of nitrogens with two attached hydrogens (primary N) is 1. The first-order valence-corrected chi connectivity index (χ1v) is 8.03. The first-order chi connectivity index (χ1) is 11.2. The Bertz CT molecular complexity index is 521. The summed E-state index contributed by atoms with van der Waals surface area (Å²) >= 11 is 0. The Labute approximate surface area is 161 Å². The van der Waals surface area contributed by atoms with Gasteiger partial charge in [-0.1, -0.05) is 0 Å². The maximum atomic E-state index is 6.09. The van der Waals surface area contributed by atoms with Crippen molar-refractivity contribution in [3.05, 3.63) is 17.7 Å². The predicted molar refractivity (Wildman–Crippen MR) is 107 cm³/mol. The van der Waals surface area contributed by atoms with E-state index in [9.17, 15) is 0 Å². The third-order valence-electron chi connectivity index (χ3n) is 4.13. The van der Waals surface area contributed by atoms with E-state index in [-0.39, 0.29) is 24.0 Å². The smallest absolute Gasteiger partial charge is 0.191 e. The second-order valence-electron chi connectivity index (χ2n) is 5.55. The molecule has 1 saturated heterocycles. The van der Waals surface area contributed by atoms with Crippen LogP contribution in [0.2, 0.25) is 0 Å². The molecule has 2 rings (SSSR count). The van der Waals surface area contributed by atoms with E-state index in [0.717, 1.165) is 30.2 Å². The number of hydrogen-bond donors (Lipinski definition) is 1. The van der Waals surface area contributed by atoms with Gasteiger partial charge in [0, 0.05) is 37.3 Å². The molecule has 0 atom stereocenters. The third kappa shape index (κ3) is 5.32. The van der Waals surface area contributed by atoms with Crippen molar-refractivity contribution in [2.45, 2.75) is 25.7 Å². The number of halogens is 1. The molecule has 1 fully saturated rings. The lowest BCUT2D eigenvalue weighted by atomic mass is 10.1. The minimum absolute atomic E-state index is 0. The van der Waals surface area contributed by atoms with Crippen LogP contribution in [-0.2, 0) is 6.42 Å². The first kappa shape index (κ1) is 20.7. The van der Waals surface area contributed by atoms with Crippen molar-refractivity contribution in [2.75, 3.05) is 41.0 Å². The van der Waals surface area contributed by atoms with E-state index in [2.05, 4.69) is 9.89 Å². The Kier molecular flexibility index (Phi) is 9.02. The minimum atomic E-state index is 0. The Morgan fingerprint density at radius 2 is 1.62 bits per heavy atom. The summed E-state index contributed by atoms with van der Waals surface area (Å²) < 4.78 is 16.2. The topological polar surface area (TPSA) is 69.3 Å². The molecular weight excluding hydrogens is 421 g/mol. The van der Waals surface area contributed by atoms with Crippen LogP contribution in [0.15, 0.2) is 17.1 Å². The summed E-state index contributed by atoms with van der Waals surface area (Å²) in [6.45, 7) is 2.61. The molecule has 1 aliphatic rings. The van der Waals surface area contributed by atoms with E-state index < -0.39 is 0 Å². The average molecular weight is 449 g/mol. The van der Waals surface area contributed by atoms with E-state index in [1.807, 2.05) is 12.1 Å². The molecule has 24 heavy (non-hydrogen) atoms. The van der Waals surface area contributed by atoms with Gasteiger partial charge in [-0.15, -0.1) is 24.0 Å². The highest BCUT2D eigenvalue weighted by atomic mass is 127. The quantitative estimate of drug-likeness (QED) is 0.411. The number of guanidine groups is 1. The number of hydrogen-bond acceptors (Lipinski definition) is 4. The van der Waals surface area contributed by atoms with Crippen LogP contribution in [0, 0.1) is 0 Å². The molecule has 1 aromatic carbocycles. The van der Waals surface area contributed by atoms with Crippen molar-refractivity contribution in [2.24, 2.45) is 10.7 Å². The second-order valence-corrected chi connectivity index (χ2v) is 5.55. The van der Waals surface area contributed by atoms with Crippen molar-refractivity contribution in [3.8, 4) is 17.2 Å². The SMILES string of the molecule is COc1cc(OC)c(CCN=C(N)N2CCCCC2)c(OC)c1.I. The van der Waals surface area contributed by atoms with Gasteiger partial charge in [0.15, 0.2) is 5.96 Å². The van der Waals surface area contributed by atoms with Gasteiger partial charge in [-0.05, 0) is 25.7 Å². The molecule has 2 N–H and O–H groups in total. The zero-order chi connectivity index (χ0) is 16.7. The maximum absolute atomic E-state index is 6.09. The largest absolute Gasteiger partial charge is 0.496 e. The Hall–Kier alpha value is -1.38. The molecule has 0 unspecified atom stereocenters. The fourth-order valence-corrected chi connectivity index (χ4v) is 2.83. The van der Waals surface area contributed by atoms with Gasteiger partial charge in [-0.25, -0.2) is 0 Å². The molecule has 1 heterocycles. The van der Waals surface area contributed by atoms with Crippen LogP contribution < -0.4 is 19.9 Å². The molecule has 1 aliphatic heterocycles. The molecule has 0 aliphatic carbocycles. The van der Waals surface area contributed by atoms with Gasteiger partial charge < -0.3 is 24.8 Å². The van der Waals surface area contributed by atoms with Gasteiger partial charge >= 0.3 is 0 Å². The number of benzene rings is 1. The summed E-state index contributed by atoms with van der Waals surface area (Å²) in [4.78, 5) is 6.67. The first-order valence-electron chi connectivity index (χ1n) is 8.03. The molecule has 0 radical (unpaired) electrons. The van der Waals surface area contributed by atoms with E-state index in [0.29, 0.717) is 24.7 Å². The molecule has 0 saturated carbocycles. The molecule has 6 nitrogen and oxygen atoms in total. The summed E-state index contributed by atoms with van der Waals surface area (Å²) in [6.07, 6.45) is 4.36. The molecule has 0 amide bonds. The van der Waals surface area contributed by atoms with Crippen molar-refractivity contribution >= 4 is 29.9 Å². The number of nitrogens with zero attached hydrogens (tertiary/aromatic N) is 2. The molecule has 136 valence electrons. The third-order valence-corrected chi connectivity index (χ3v) is 4.13. The fourth-order valence-electron chi connectivity index (χ4n) is 2.83. The normalized spacial score (nSPS) is 14.8. The van der Waals surface area contributed by atoms with Crippen LogP contribution in [-0.4, -0.2) is 51.8 Å². The van der Waals surface area contributed by atoms with Crippen LogP contribution in [0.25, 0.3) is 0 Å². The van der Waals surface area contributed by atoms with Gasteiger partial charge in [-0.2, -0.15) is 0 Å². The maximum Gasteiger partial charge on any atom is 0.191 e. The Morgan fingerprint density at radius 3 is 2.12 bits per heavy atom. The lowest BCUT2D eigenvalue weighted by molar-refractivity contribution is 0.338. The predicted octanol–water partition coefficient (Wildman–Crippen LogP) is 2.67. The number of ether oxygens (including phenoxy) is 3. The number of likely N-dealkylation sites (tertiary alicyclic amines) is 1. The van der Waals surface area contributed by atoms with Crippen LogP contribution in [0.3, 0.4) is 0 Å². The van der Waals surface area contributed by atoms with E-state index in [1.165, 1.54) is 19.3 Å². The monoisotopic (exact) mass is 449 g/mol. The highest BCUT2D eigenvalue weighted by Crippen LogP contribution is 2.34. The van der Waals surface area contributed by atoms with Crippen molar-refractivity contribution in [1.29, 1.82) is 0 Å². The molecule has 1 aromatic rings.